The Bertz CT molecular complexity index is 938. The topological polar surface area (TPSA) is 93.5 Å². The molecule has 1 aromatic heterocycles. The molecule has 4 N–H and O–H groups in total. The maximum absolute atomic E-state index is 7.32. The van der Waals surface area contributed by atoms with Gasteiger partial charge in [0, 0.05) is 46.2 Å². The maximum atomic E-state index is 7.32. The van der Waals surface area contributed by atoms with Crippen LogP contribution >= 0.6 is 0 Å². The van der Waals surface area contributed by atoms with Gasteiger partial charge in [-0.3, -0.25) is 0 Å². The zero-order valence-corrected chi connectivity index (χ0v) is 18.5. The highest BCUT2D eigenvalue weighted by molar-refractivity contribution is 5.82. The number of hydrogen-bond donors (Lipinski definition) is 4. The molecule has 31 heavy (non-hydrogen) atoms. The van der Waals surface area contributed by atoms with Gasteiger partial charge in [-0.1, -0.05) is 36.4 Å². The standard InChI is InChI=1S/C22H24N4.CH5NO.CH4O/c1-15-9-24-22(25-10-15)26-13-20-19(21(20)14-26)12-23-11-16-6-7-17-4-2-3-5-18(17)8-16;1-2-3;1-2/h2-10,19-21,23H,11-14H2,1H3;2-3H,1H3;2H,1H3. The summed E-state index contributed by atoms with van der Waals surface area (Å²) in [6.45, 7) is 6.31. The quantitative estimate of drug-likeness (QED) is 0.469. The number of aliphatic hydroxyl groups is 1. The van der Waals surface area contributed by atoms with E-state index in [9.17, 15) is 0 Å². The first-order chi connectivity index (χ1) is 15.2. The summed E-state index contributed by atoms with van der Waals surface area (Å²) in [5.41, 5.74) is 4.23. The summed E-state index contributed by atoms with van der Waals surface area (Å²) in [7, 11) is 2.43. The Labute approximate surface area is 184 Å². The van der Waals surface area contributed by atoms with Crippen molar-refractivity contribution in [3.8, 4) is 0 Å². The molecule has 7 heteroatoms. The molecule has 2 aromatic carbocycles. The second-order valence-electron chi connectivity index (χ2n) is 7.99. The number of aryl methyl sites for hydroxylation is 1. The van der Waals surface area contributed by atoms with Crippen molar-refractivity contribution in [1.82, 2.24) is 20.8 Å². The molecule has 0 amide bonds. The molecule has 1 saturated carbocycles. The van der Waals surface area contributed by atoms with Crippen molar-refractivity contribution in [3.63, 3.8) is 0 Å². The molecule has 2 heterocycles. The molecule has 2 aliphatic rings. The zero-order valence-electron chi connectivity index (χ0n) is 18.5. The number of piperidine rings is 1. The average molecular weight is 424 g/mol. The lowest BCUT2D eigenvalue weighted by Crippen LogP contribution is -2.28. The molecular formula is C24H33N5O2. The van der Waals surface area contributed by atoms with Crippen LogP contribution in [0.15, 0.2) is 54.9 Å². The van der Waals surface area contributed by atoms with Crippen LogP contribution in [-0.2, 0) is 6.54 Å². The van der Waals surface area contributed by atoms with Gasteiger partial charge < -0.3 is 20.5 Å². The number of aromatic nitrogens is 2. The van der Waals surface area contributed by atoms with Gasteiger partial charge >= 0.3 is 0 Å². The van der Waals surface area contributed by atoms with Crippen molar-refractivity contribution in [2.75, 3.05) is 38.7 Å². The third kappa shape index (κ3) is 5.77. The van der Waals surface area contributed by atoms with Gasteiger partial charge in [-0.05, 0) is 59.2 Å². The van der Waals surface area contributed by atoms with E-state index in [4.69, 9.17) is 10.3 Å². The van der Waals surface area contributed by atoms with Gasteiger partial charge in [-0.2, -0.15) is 0 Å². The molecule has 1 aliphatic heterocycles. The van der Waals surface area contributed by atoms with E-state index in [-0.39, 0.29) is 0 Å². The van der Waals surface area contributed by atoms with E-state index in [0.717, 1.165) is 62.6 Å². The van der Waals surface area contributed by atoms with E-state index < -0.39 is 0 Å². The van der Waals surface area contributed by atoms with E-state index in [1.54, 1.807) is 5.48 Å². The SMILES string of the molecule is CNO.CO.Cc1cnc(N2CC3C(CNCc4ccc5ccccc5c4)C3C2)nc1. The molecule has 3 aromatic rings. The van der Waals surface area contributed by atoms with Crippen molar-refractivity contribution in [2.45, 2.75) is 13.5 Å². The number of nitrogens with one attached hydrogen (secondary N) is 2. The average Bonchev–Trinajstić information content (AvgIpc) is 3.24. The van der Waals surface area contributed by atoms with Crippen LogP contribution < -0.4 is 15.7 Å². The van der Waals surface area contributed by atoms with Crippen molar-refractivity contribution >= 4 is 16.7 Å². The van der Waals surface area contributed by atoms with Crippen LogP contribution in [0.25, 0.3) is 10.8 Å². The minimum atomic E-state index is 0.809. The number of hydrogen-bond acceptors (Lipinski definition) is 7. The van der Waals surface area contributed by atoms with Crippen LogP contribution in [0.4, 0.5) is 5.95 Å². The van der Waals surface area contributed by atoms with Gasteiger partial charge in [0.2, 0.25) is 5.95 Å². The summed E-state index contributed by atoms with van der Waals surface area (Å²) in [5.74, 6) is 3.33. The molecule has 2 unspecified atom stereocenters. The smallest absolute Gasteiger partial charge is 0.225 e. The Hall–Kier alpha value is -2.58. The fourth-order valence-electron chi connectivity index (χ4n) is 4.40. The Kier molecular flexibility index (Phi) is 8.31. The summed E-state index contributed by atoms with van der Waals surface area (Å²) in [6, 6.07) is 15.3. The number of rotatable bonds is 5. The minimum Gasteiger partial charge on any atom is -0.400 e. The molecule has 7 nitrogen and oxygen atoms in total. The third-order valence-corrected chi connectivity index (χ3v) is 5.94. The number of hydroxylamine groups is 1. The predicted molar refractivity (Wildman–Crippen MR) is 124 cm³/mol. The highest BCUT2D eigenvalue weighted by Gasteiger charge is 2.55. The van der Waals surface area contributed by atoms with Crippen molar-refractivity contribution in [1.29, 1.82) is 0 Å². The minimum absolute atomic E-state index is 0.809. The van der Waals surface area contributed by atoms with Crippen LogP contribution in [0.3, 0.4) is 0 Å². The second-order valence-corrected chi connectivity index (χ2v) is 7.99. The van der Waals surface area contributed by atoms with Crippen LogP contribution in [0.5, 0.6) is 0 Å². The van der Waals surface area contributed by atoms with Gasteiger partial charge in [-0.25, -0.2) is 15.4 Å². The number of aliphatic hydroxyl groups excluding tert-OH is 1. The zero-order chi connectivity index (χ0) is 22.2. The monoisotopic (exact) mass is 423 g/mol. The van der Waals surface area contributed by atoms with Gasteiger partial charge in [0.1, 0.15) is 0 Å². The highest BCUT2D eigenvalue weighted by atomic mass is 16.5. The van der Waals surface area contributed by atoms with Gasteiger partial charge in [0.25, 0.3) is 0 Å². The molecule has 2 atom stereocenters. The van der Waals surface area contributed by atoms with Crippen LogP contribution in [0.1, 0.15) is 11.1 Å². The molecule has 2 fully saturated rings. The summed E-state index contributed by atoms with van der Waals surface area (Å²) < 4.78 is 0. The largest absolute Gasteiger partial charge is 0.400 e. The fraction of sp³-hybridized carbons (Fsp3) is 0.417. The molecule has 1 aliphatic carbocycles. The lowest BCUT2D eigenvalue weighted by molar-refractivity contribution is 0.194. The second kappa shape index (κ2) is 11.2. The lowest BCUT2D eigenvalue weighted by atomic mass is 10.1. The van der Waals surface area contributed by atoms with E-state index in [1.807, 2.05) is 19.3 Å². The number of anilines is 1. The van der Waals surface area contributed by atoms with Crippen molar-refractivity contribution < 1.29 is 10.3 Å². The van der Waals surface area contributed by atoms with Gasteiger partial charge in [0.05, 0.1) is 0 Å². The normalized spacial score (nSPS) is 20.9. The summed E-state index contributed by atoms with van der Waals surface area (Å²) in [6.07, 6.45) is 3.82. The molecule has 0 spiro atoms. The van der Waals surface area contributed by atoms with Crippen LogP contribution in [-0.4, -0.2) is 54.1 Å². The molecule has 5 rings (SSSR count). The third-order valence-electron chi connectivity index (χ3n) is 5.94. The summed E-state index contributed by atoms with van der Waals surface area (Å²) in [4.78, 5) is 11.3. The van der Waals surface area contributed by atoms with Gasteiger partial charge in [0.15, 0.2) is 0 Å². The molecular weight excluding hydrogens is 390 g/mol. The lowest BCUT2D eigenvalue weighted by Gasteiger charge is -2.19. The number of benzene rings is 2. The van der Waals surface area contributed by atoms with Crippen molar-refractivity contribution in [3.05, 3.63) is 66.0 Å². The molecule has 166 valence electrons. The van der Waals surface area contributed by atoms with E-state index >= 15 is 0 Å². The highest BCUT2D eigenvalue weighted by Crippen LogP contribution is 2.51. The van der Waals surface area contributed by atoms with Crippen LogP contribution in [0.2, 0.25) is 0 Å². The Morgan fingerprint density at radius 1 is 1.00 bits per heavy atom. The fourth-order valence-corrected chi connectivity index (χ4v) is 4.40. The van der Waals surface area contributed by atoms with Crippen LogP contribution in [0, 0.1) is 24.7 Å². The van der Waals surface area contributed by atoms with Gasteiger partial charge in [-0.15, -0.1) is 0 Å². The Morgan fingerprint density at radius 3 is 2.26 bits per heavy atom. The molecule has 0 radical (unpaired) electrons. The van der Waals surface area contributed by atoms with E-state index in [1.165, 1.54) is 23.4 Å². The summed E-state index contributed by atoms with van der Waals surface area (Å²) in [5, 5.41) is 20.6. The number of fused-ring (bicyclic) bond motifs is 2. The van der Waals surface area contributed by atoms with Crippen molar-refractivity contribution in [2.24, 2.45) is 17.8 Å². The first-order valence-corrected chi connectivity index (χ1v) is 10.7. The first-order valence-electron chi connectivity index (χ1n) is 10.7. The Morgan fingerprint density at radius 2 is 1.61 bits per heavy atom. The first kappa shape index (κ1) is 23.1. The summed E-state index contributed by atoms with van der Waals surface area (Å²) >= 11 is 0. The molecule has 0 bridgehead atoms. The predicted octanol–water partition coefficient (Wildman–Crippen LogP) is 2.61. The van der Waals surface area contributed by atoms with E-state index in [2.05, 4.69) is 62.6 Å². The maximum Gasteiger partial charge on any atom is 0.225 e. The van der Waals surface area contributed by atoms with E-state index in [0.29, 0.717) is 0 Å². The molecule has 1 saturated heterocycles. The Balaban J connectivity index is 0.000000504. The number of nitrogens with zero attached hydrogens (tertiary/aromatic N) is 3.